The van der Waals surface area contributed by atoms with Gasteiger partial charge in [-0.15, -0.1) is 0 Å². The molecular weight excluding hydrogens is 283 g/mol. The molecule has 0 N–H and O–H groups in total. The predicted molar refractivity (Wildman–Crippen MR) is 100 cm³/mol. The van der Waals surface area contributed by atoms with Gasteiger partial charge in [0.1, 0.15) is 0 Å². The highest BCUT2D eigenvalue weighted by molar-refractivity contribution is 6.52. The Kier molecular flexibility index (Phi) is 8.50. The van der Waals surface area contributed by atoms with Crippen LogP contribution in [0.25, 0.3) is 0 Å². The summed E-state index contributed by atoms with van der Waals surface area (Å²) in [5, 5.41) is 2.78. The van der Waals surface area contributed by atoms with Crippen LogP contribution < -0.4 is 0 Å². The summed E-state index contributed by atoms with van der Waals surface area (Å²) in [7, 11) is 0. The molecule has 130 valence electrons. The fraction of sp³-hybridized carbons (Fsp3) is 1.00. The molecule has 1 heterocycles. The topological polar surface area (TPSA) is 9.23 Å². The van der Waals surface area contributed by atoms with Crippen molar-refractivity contribution < 1.29 is 3.79 Å². The molecule has 1 rings (SSSR count). The van der Waals surface area contributed by atoms with Crippen LogP contribution in [-0.2, 0) is 3.79 Å². The van der Waals surface area contributed by atoms with Crippen LogP contribution in [0, 0.1) is 29.6 Å². The molecule has 0 amide bonds. The van der Waals surface area contributed by atoms with Crippen molar-refractivity contribution in [2.45, 2.75) is 97.2 Å². The zero-order valence-electron chi connectivity index (χ0n) is 16.6. The average Bonchev–Trinajstić information content (AvgIpc) is 2.29. The van der Waals surface area contributed by atoms with E-state index in [9.17, 15) is 0 Å². The van der Waals surface area contributed by atoms with Gasteiger partial charge in [0.15, 0.2) is 0 Å². The minimum absolute atomic E-state index is 0.191. The van der Waals surface area contributed by atoms with E-state index in [1.54, 1.807) is 0 Å². The lowest BCUT2D eigenvalue weighted by atomic mass is 9.71. The molecule has 0 spiro atoms. The van der Waals surface area contributed by atoms with E-state index in [4.69, 9.17) is 3.79 Å². The van der Waals surface area contributed by atoms with Crippen LogP contribution in [0.3, 0.4) is 0 Å². The summed E-state index contributed by atoms with van der Waals surface area (Å²) in [4.78, 5) is 0. The van der Waals surface area contributed by atoms with Gasteiger partial charge < -0.3 is 3.79 Å². The lowest BCUT2D eigenvalue weighted by molar-refractivity contribution is -0.0541. The van der Waals surface area contributed by atoms with Gasteiger partial charge in [-0.05, 0) is 42.9 Å². The summed E-state index contributed by atoms with van der Waals surface area (Å²) in [5.74, 6) is 3.85. The van der Waals surface area contributed by atoms with E-state index < -0.39 is 14.5 Å². The number of rotatable bonds is 8. The first-order chi connectivity index (χ1) is 10.1. The van der Waals surface area contributed by atoms with E-state index in [0.29, 0.717) is 0 Å². The van der Waals surface area contributed by atoms with Gasteiger partial charge in [0.05, 0.1) is 0 Å². The monoisotopic (exact) mass is 324 g/mol. The standard InChI is InChI=1S/C16H32O.C4H9.Al/c1-8-15(9-12(2)3)16(17,10-13(4)5)11-14(6)7;1-4(2)3;/h12-15H,1,8-11H2,2-7H3;4H,1H2,2-3H3;/q-1;;+1. The van der Waals surface area contributed by atoms with E-state index in [2.05, 4.69) is 55.4 Å². The Balaban J connectivity index is 2.99. The predicted octanol–water partition coefficient (Wildman–Crippen LogP) is 6.55. The first kappa shape index (κ1) is 20.5. The number of hydrogen-bond acceptors (Lipinski definition) is 1. The molecule has 0 saturated carbocycles. The highest BCUT2D eigenvalue weighted by atomic mass is 27.2. The van der Waals surface area contributed by atoms with Crippen LogP contribution in [0.4, 0.5) is 0 Å². The molecule has 0 radical (unpaired) electrons. The van der Waals surface area contributed by atoms with Crippen LogP contribution in [0.15, 0.2) is 0 Å². The molecule has 0 aromatic rings. The maximum Gasteiger partial charge on any atom is 0.461 e. The largest absolute Gasteiger partial charge is 0.496 e. The fourth-order valence-corrected chi connectivity index (χ4v) is 7.95. The molecule has 0 aromatic carbocycles. The molecule has 1 aliphatic rings. The SMILES string of the molecule is CC(C)CC1C[CH2][Al]([CH2]C(C)C)[O]C1(CC(C)C)CC(C)C. The summed E-state index contributed by atoms with van der Waals surface area (Å²) in [6.07, 6.45) is 5.32. The van der Waals surface area contributed by atoms with E-state index in [1.165, 1.54) is 36.2 Å². The van der Waals surface area contributed by atoms with Crippen LogP contribution >= 0.6 is 0 Å². The van der Waals surface area contributed by atoms with Crippen molar-refractivity contribution in [2.75, 3.05) is 0 Å². The third-order valence-electron chi connectivity index (χ3n) is 4.98. The molecule has 1 fully saturated rings. The van der Waals surface area contributed by atoms with Gasteiger partial charge >= 0.3 is 14.5 Å². The van der Waals surface area contributed by atoms with Gasteiger partial charge in [0.2, 0.25) is 0 Å². The Morgan fingerprint density at radius 3 is 1.82 bits per heavy atom. The summed E-state index contributed by atoms with van der Waals surface area (Å²) >= 11 is -1.01. The van der Waals surface area contributed by atoms with E-state index in [0.717, 1.165) is 29.6 Å². The Bertz CT molecular complexity index is 299. The summed E-state index contributed by atoms with van der Waals surface area (Å²) in [6, 6.07) is 0. The molecule has 1 aliphatic heterocycles. The molecule has 22 heavy (non-hydrogen) atoms. The lowest BCUT2D eigenvalue weighted by Crippen LogP contribution is -2.51. The molecule has 0 aromatic heterocycles. The van der Waals surface area contributed by atoms with Crippen molar-refractivity contribution in [3.63, 3.8) is 0 Å². The highest BCUT2D eigenvalue weighted by Crippen LogP contribution is 2.46. The normalized spacial score (nSPS) is 22.4. The molecule has 1 atom stereocenters. The molecule has 1 unspecified atom stereocenters. The highest BCUT2D eigenvalue weighted by Gasteiger charge is 2.47. The second-order valence-corrected chi connectivity index (χ2v) is 12.1. The third-order valence-corrected chi connectivity index (χ3v) is 8.23. The van der Waals surface area contributed by atoms with Crippen molar-refractivity contribution in [1.82, 2.24) is 0 Å². The Morgan fingerprint density at radius 2 is 1.41 bits per heavy atom. The first-order valence-electron chi connectivity index (χ1n) is 9.82. The van der Waals surface area contributed by atoms with Crippen molar-refractivity contribution in [3.8, 4) is 0 Å². The first-order valence-corrected chi connectivity index (χ1v) is 11.9. The van der Waals surface area contributed by atoms with Gasteiger partial charge in [0, 0.05) is 5.60 Å². The molecule has 2 heteroatoms. The number of hydrogen-bond donors (Lipinski definition) is 0. The average molecular weight is 325 g/mol. The molecule has 1 saturated heterocycles. The quantitative estimate of drug-likeness (QED) is 0.460. The van der Waals surface area contributed by atoms with Gasteiger partial charge in [0.25, 0.3) is 0 Å². The Labute approximate surface area is 145 Å². The minimum atomic E-state index is -1.01. The van der Waals surface area contributed by atoms with Crippen LogP contribution in [0.5, 0.6) is 0 Å². The maximum atomic E-state index is 7.06. The van der Waals surface area contributed by atoms with Gasteiger partial charge in [-0.25, -0.2) is 0 Å². The Hall–Kier alpha value is 0.492. The van der Waals surface area contributed by atoms with Crippen LogP contribution in [0.1, 0.15) is 81.1 Å². The van der Waals surface area contributed by atoms with Gasteiger partial charge in [-0.1, -0.05) is 78.3 Å². The Morgan fingerprint density at radius 1 is 0.864 bits per heavy atom. The van der Waals surface area contributed by atoms with Crippen LogP contribution in [-0.4, -0.2) is 20.1 Å². The van der Waals surface area contributed by atoms with Crippen molar-refractivity contribution in [1.29, 1.82) is 0 Å². The van der Waals surface area contributed by atoms with Crippen LogP contribution in [0.2, 0.25) is 10.6 Å². The van der Waals surface area contributed by atoms with E-state index in [1.807, 2.05) is 0 Å². The van der Waals surface area contributed by atoms with E-state index >= 15 is 0 Å². The zero-order valence-corrected chi connectivity index (χ0v) is 17.8. The smallest absolute Gasteiger partial charge is 0.461 e. The molecular formula is C20H41AlO. The van der Waals surface area contributed by atoms with Gasteiger partial charge in [-0.3, -0.25) is 0 Å². The van der Waals surface area contributed by atoms with Crippen molar-refractivity contribution in [3.05, 3.63) is 0 Å². The van der Waals surface area contributed by atoms with Crippen molar-refractivity contribution >= 4 is 14.5 Å². The summed E-state index contributed by atoms with van der Waals surface area (Å²) in [5.41, 5.74) is 0.191. The van der Waals surface area contributed by atoms with Gasteiger partial charge in [-0.2, -0.15) is 0 Å². The minimum Gasteiger partial charge on any atom is -0.496 e. The summed E-state index contributed by atoms with van der Waals surface area (Å²) < 4.78 is 7.06. The molecule has 1 nitrogen and oxygen atoms in total. The van der Waals surface area contributed by atoms with E-state index in [-0.39, 0.29) is 5.60 Å². The van der Waals surface area contributed by atoms with Crippen molar-refractivity contribution in [2.24, 2.45) is 29.6 Å². The maximum absolute atomic E-state index is 7.06. The second kappa shape index (κ2) is 9.10. The fourth-order valence-electron chi connectivity index (χ4n) is 4.63. The third kappa shape index (κ3) is 6.54. The molecule has 0 bridgehead atoms. The lowest BCUT2D eigenvalue weighted by Gasteiger charge is -2.50. The second-order valence-electron chi connectivity index (χ2n) is 9.53. The zero-order chi connectivity index (χ0) is 16.9. The molecule has 0 aliphatic carbocycles. The summed E-state index contributed by atoms with van der Waals surface area (Å²) in [6.45, 7) is 19.0.